The van der Waals surface area contributed by atoms with Gasteiger partial charge >= 0.3 is 12.1 Å². The maximum Gasteiger partial charge on any atom is 0.416 e. The first-order valence-electron chi connectivity index (χ1n) is 8.80. The van der Waals surface area contributed by atoms with Crippen LogP contribution in [0.4, 0.5) is 13.2 Å². The van der Waals surface area contributed by atoms with E-state index in [1.165, 1.54) is 30.3 Å². The number of sulfone groups is 1. The zero-order valence-electron chi connectivity index (χ0n) is 15.0. The van der Waals surface area contributed by atoms with Crippen LogP contribution in [0.2, 0.25) is 0 Å². The van der Waals surface area contributed by atoms with Gasteiger partial charge in [0.05, 0.1) is 10.5 Å². The van der Waals surface area contributed by atoms with E-state index in [1.54, 1.807) is 12.1 Å². The lowest BCUT2D eigenvalue weighted by atomic mass is 10.0. The molecule has 28 heavy (non-hydrogen) atoms. The van der Waals surface area contributed by atoms with Gasteiger partial charge in [-0.1, -0.05) is 49.2 Å². The Morgan fingerprint density at radius 1 is 0.964 bits per heavy atom. The van der Waals surface area contributed by atoms with Crippen molar-refractivity contribution in [3.8, 4) is 0 Å². The van der Waals surface area contributed by atoms with Gasteiger partial charge in [0.25, 0.3) is 0 Å². The van der Waals surface area contributed by atoms with Crippen molar-refractivity contribution >= 4 is 15.8 Å². The molecule has 0 aliphatic rings. The molecule has 0 saturated carbocycles. The first-order chi connectivity index (χ1) is 13.1. The molecular formula is C20H21F3O4S. The van der Waals surface area contributed by atoms with Crippen LogP contribution in [-0.2, 0) is 27.2 Å². The van der Waals surface area contributed by atoms with E-state index in [0.717, 1.165) is 12.1 Å². The van der Waals surface area contributed by atoms with Gasteiger partial charge in [-0.15, -0.1) is 0 Å². The Labute approximate surface area is 161 Å². The van der Waals surface area contributed by atoms with Gasteiger partial charge < -0.3 is 5.11 Å². The minimum Gasteiger partial charge on any atom is -0.480 e. The summed E-state index contributed by atoms with van der Waals surface area (Å²) in [4.78, 5) is 11.4. The Hall–Kier alpha value is -2.35. The molecule has 2 aromatic rings. The predicted octanol–water partition coefficient (Wildman–Crippen LogP) is 4.74. The Bertz CT molecular complexity index is 893. The number of carboxylic acids is 1. The monoisotopic (exact) mass is 414 g/mol. The molecule has 2 aromatic carbocycles. The molecule has 0 radical (unpaired) electrons. The van der Waals surface area contributed by atoms with E-state index in [1.807, 2.05) is 0 Å². The third-order valence-electron chi connectivity index (χ3n) is 4.41. The lowest BCUT2D eigenvalue weighted by molar-refractivity contribution is -0.138. The van der Waals surface area contributed by atoms with E-state index < -0.39 is 32.8 Å². The smallest absolute Gasteiger partial charge is 0.416 e. The van der Waals surface area contributed by atoms with Crippen LogP contribution < -0.4 is 0 Å². The van der Waals surface area contributed by atoms with E-state index >= 15 is 0 Å². The summed E-state index contributed by atoms with van der Waals surface area (Å²) in [5, 5.41) is 7.79. The Kier molecular flexibility index (Phi) is 7.23. The molecule has 0 aliphatic heterocycles. The summed E-state index contributed by atoms with van der Waals surface area (Å²) >= 11 is 0. The molecule has 0 spiro atoms. The fourth-order valence-corrected chi connectivity index (χ4v) is 4.53. The van der Waals surface area contributed by atoms with E-state index in [0.29, 0.717) is 31.2 Å². The lowest BCUT2D eigenvalue weighted by Crippen LogP contribution is -2.30. The Balaban J connectivity index is 1.90. The number of alkyl halides is 3. The third kappa shape index (κ3) is 5.82. The zero-order chi connectivity index (χ0) is 20.8. The number of benzene rings is 2. The number of rotatable bonds is 9. The summed E-state index contributed by atoms with van der Waals surface area (Å²) in [5.41, 5.74) is -0.161. The summed E-state index contributed by atoms with van der Waals surface area (Å²) in [6.07, 6.45) is -2.62. The topological polar surface area (TPSA) is 71.4 Å². The van der Waals surface area contributed by atoms with Gasteiger partial charge in [-0.2, -0.15) is 13.2 Å². The van der Waals surface area contributed by atoms with Crippen molar-refractivity contribution in [2.45, 2.75) is 48.4 Å². The van der Waals surface area contributed by atoms with Crippen molar-refractivity contribution in [3.05, 3.63) is 65.7 Å². The van der Waals surface area contributed by atoms with Gasteiger partial charge in [-0.25, -0.2) is 8.42 Å². The molecule has 0 fully saturated rings. The van der Waals surface area contributed by atoms with Crippen LogP contribution in [0, 0.1) is 0 Å². The summed E-state index contributed by atoms with van der Waals surface area (Å²) in [5.74, 6) is -1.40. The second kappa shape index (κ2) is 9.23. The number of aliphatic carboxylic acids is 1. The van der Waals surface area contributed by atoms with Crippen LogP contribution in [0.25, 0.3) is 0 Å². The van der Waals surface area contributed by atoms with Gasteiger partial charge in [-0.3, -0.25) is 4.79 Å². The van der Waals surface area contributed by atoms with Crippen LogP contribution in [0.1, 0.15) is 36.8 Å². The average Bonchev–Trinajstić information content (AvgIpc) is 2.64. The van der Waals surface area contributed by atoms with Gasteiger partial charge in [0, 0.05) is 0 Å². The number of unbranched alkanes of at least 4 members (excludes halogenated alkanes) is 2. The predicted molar refractivity (Wildman–Crippen MR) is 98.7 cm³/mol. The van der Waals surface area contributed by atoms with Crippen molar-refractivity contribution in [1.82, 2.24) is 0 Å². The van der Waals surface area contributed by atoms with Gasteiger partial charge in [-0.05, 0) is 43.0 Å². The second-order valence-corrected chi connectivity index (χ2v) is 8.61. The molecule has 4 nitrogen and oxygen atoms in total. The first-order valence-corrected chi connectivity index (χ1v) is 10.3. The molecule has 0 amide bonds. The highest BCUT2D eigenvalue weighted by Crippen LogP contribution is 2.30. The summed E-state index contributed by atoms with van der Waals surface area (Å²) in [6, 6.07) is 12.5. The third-order valence-corrected chi connectivity index (χ3v) is 6.52. The number of halogens is 3. The molecule has 0 aliphatic carbocycles. The number of hydrogen-bond donors (Lipinski definition) is 1. The maximum atomic E-state index is 12.7. The van der Waals surface area contributed by atoms with Gasteiger partial charge in [0.1, 0.15) is 0 Å². The number of hydrogen-bond acceptors (Lipinski definition) is 3. The zero-order valence-corrected chi connectivity index (χ0v) is 15.8. The van der Waals surface area contributed by atoms with Crippen LogP contribution in [0.5, 0.6) is 0 Å². The highest BCUT2D eigenvalue weighted by atomic mass is 32.2. The van der Waals surface area contributed by atoms with Crippen LogP contribution in [0.3, 0.4) is 0 Å². The van der Waals surface area contributed by atoms with Crippen molar-refractivity contribution < 1.29 is 31.5 Å². The van der Waals surface area contributed by atoms with Crippen molar-refractivity contribution in [1.29, 1.82) is 0 Å². The molecule has 8 heteroatoms. The molecule has 2 rings (SSSR count). The normalized spacial score (nSPS) is 13.2. The molecule has 1 atom stereocenters. The maximum absolute atomic E-state index is 12.7. The number of carbonyl (C=O) groups is 1. The van der Waals surface area contributed by atoms with Gasteiger partial charge in [0.15, 0.2) is 15.1 Å². The van der Waals surface area contributed by atoms with E-state index in [2.05, 4.69) is 0 Å². The second-order valence-electron chi connectivity index (χ2n) is 6.48. The van der Waals surface area contributed by atoms with Crippen molar-refractivity contribution in [3.63, 3.8) is 0 Å². The minimum atomic E-state index is -4.39. The minimum absolute atomic E-state index is 0.0358. The molecule has 1 unspecified atom stereocenters. The largest absolute Gasteiger partial charge is 0.480 e. The summed E-state index contributed by atoms with van der Waals surface area (Å²) in [6.45, 7) is 0. The lowest BCUT2D eigenvalue weighted by Gasteiger charge is -2.13. The summed E-state index contributed by atoms with van der Waals surface area (Å²) in [7, 11) is -3.99. The fraction of sp³-hybridized carbons (Fsp3) is 0.350. The molecule has 0 aromatic heterocycles. The highest BCUT2D eigenvalue weighted by molar-refractivity contribution is 7.92. The van der Waals surface area contributed by atoms with Crippen LogP contribution in [0.15, 0.2) is 59.5 Å². The Morgan fingerprint density at radius 3 is 2.25 bits per heavy atom. The van der Waals surface area contributed by atoms with E-state index in [-0.39, 0.29) is 11.3 Å². The fourth-order valence-electron chi connectivity index (χ4n) is 2.92. The van der Waals surface area contributed by atoms with Crippen molar-refractivity contribution in [2.75, 3.05) is 0 Å². The quantitative estimate of drug-likeness (QED) is 0.602. The van der Waals surface area contributed by atoms with Crippen LogP contribution in [-0.4, -0.2) is 24.7 Å². The number of aryl methyl sites for hydroxylation is 1. The molecule has 1 N–H and O–H groups in total. The van der Waals surface area contributed by atoms with Gasteiger partial charge in [0.2, 0.25) is 0 Å². The standard InChI is InChI=1S/C20H21F3O4S/c21-20(22,23)16-10-7-9-15(14-16)8-3-1-6-13-18(19(24)25)28(26,27)17-11-4-2-5-12-17/h2,4-5,7,9-12,14,18H,1,3,6,8,13H2,(H,24,25). The SMILES string of the molecule is O=C(O)C(CCCCCc1cccc(C(F)(F)F)c1)S(=O)(=O)c1ccccc1. The first kappa shape index (κ1) is 21.9. The molecular weight excluding hydrogens is 393 g/mol. The molecule has 0 heterocycles. The van der Waals surface area contributed by atoms with Crippen molar-refractivity contribution in [2.24, 2.45) is 0 Å². The van der Waals surface area contributed by atoms with E-state index in [9.17, 15) is 31.5 Å². The highest BCUT2D eigenvalue weighted by Gasteiger charge is 2.33. The Morgan fingerprint density at radius 2 is 1.64 bits per heavy atom. The van der Waals surface area contributed by atoms with E-state index in [4.69, 9.17) is 0 Å². The number of carboxylic acid groups (broad SMARTS) is 1. The molecule has 152 valence electrons. The molecule has 0 bridgehead atoms. The summed E-state index contributed by atoms with van der Waals surface area (Å²) < 4.78 is 63.1. The molecule has 0 saturated heterocycles. The average molecular weight is 414 g/mol. The van der Waals surface area contributed by atoms with Crippen LogP contribution >= 0.6 is 0 Å².